The molecule has 26 heavy (non-hydrogen) atoms. The number of aromatic nitrogens is 4. The summed E-state index contributed by atoms with van der Waals surface area (Å²) in [6.45, 7) is 5.33. The average molecular weight is 352 g/mol. The number of benzene rings is 1. The molecule has 0 unspecified atom stereocenters. The molecule has 0 saturated heterocycles. The molecule has 3 rings (SSSR count). The Kier molecular flexibility index (Phi) is 5.78. The Bertz CT molecular complexity index is 859. The molecule has 1 aromatic carbocycles. The lowest BCUT2D eigenvalue weighted by atomic mass is 10.3. The highest BCUT2D eigenvalue weighted by atomic mass is 16.1. The van der Waals surface area contributed by atoms with Crippen LogP contribution in [0.5, 0.6) is 0 Å². The summed E-state index contributed by atoms with van der Waals surface area (Å²) < 4.78 is 2.17. The van der Waals surface area contributed by atoms with E-state index >= 15 is 0 Å². The molecule has 2 heterocycles. The number of hydrogen-bond acceptors (Lipinski definition) is 5. The first-order valence-corrected chi connectivity index (χ1v) is 8.88. The summed E-state index contributed by atoms with van der Waals surface area (Å²) in [5, 5.41) is 6.07. The lowest BCUT2D eigenvalue weighted by Gasteiger charge is -2.13. The summed E-state index contributed by atoms with van der Waals surface area (Å²) in [5.41, 5.74) is 2.05. The van der Waals surface area contributed by atoms with Crippen LogP contribution in [0.2, 0.25) is 0 Å². The molecule has 0 spiro atoms. The van der Waals surface area contributed by atoms with Gasteiger partial charge in [0.1, 0.15) is 5.82 Å². The van der Waals surface area contributed by atoms with Crippen molar-refractivity contribution in [3.05, 3.63) is 48.5 Å². The first-order chi connectivity index (χ1) is 12.6. The molecule has 0 aliphatic rings. The minimum atomic E-state index is 0.0168. The molecule has 2 aromatic heterocycles. The third-order valence-electron chi connectivity index (χ3n) is 4.06. The van der Waals surface area contributed by atoms with Crippen LogP contribution >= 0.6 is 0 Å². The normalized spacial score (nSPS) is 11.0. The minimum absolute atomic E-state index is 0.0168. The van der Waals surface area contributed by atoms with E-state index in [0.29, 0.717) is 31.9 Å². The maximum absolute atomic E-state index is 12.1. The maximum Gasteiger partial charge on any atom is 0.222 e. The molecule has 0 aliphatic heterocycles. The number of amides is 1. The van der Waals surface area contributed by atoms with Crippen LogP contribution in [0.15, 0.2) is 42.7 Å². The van der Waals surface area contributed by atoms with E-state index in [1.807, 2.05) is 18.2 Å². The summed E-state index contributed by atoms with van der Waals surface area (Å²) in [6, 6.07) is 10.1. The second kappa shape index (κ2) is 8.42. The van der Waals surface area contributed by atoms with Crippen molar-refractivity contribution in [1.29, 1.82) is 0 Å². The second-order valence-electron chi connectivity index (χ2n) is 6.36. The Hall–Kier alpha value is -2.96. The van der Waals surface area contributed by atoms with Gasteiger partial charge >= 0.3 is 0 Å². The molecule has 0 bridgehead atoms. The smallest absolute Gasteiger partial charge is 0.222 e. The highest BCUT2D eigenvalue weighted by molar-refractivity contribution is 5.77. The Morgan fingerprint density at radius 1 is 1.15 bits per heavy atom. The first-order valence-electron chi connectivity index (χ1n) is 8.88. The monoisotopic (exact) mass is 352 g/mol. The minimum Gasteiger partial charge on any atom is -0.354 e. The molecule has 0 radical (unpaired) electrons. The lowest BCUT2D eigenvalue weighted by molar-refractivity contribution is -0.121. The van der Waals surface area contributed by atoms with Crippen molar-refractivity contribution in [1.82, 2.24) is 24.8 Å². The van der Waals surface area contributed by atoms with E-state index in [2.05, 4.69) is 50.1 Å². The highest BCUT2D eigenvalue weighted by Crippen LogP contribution is 2.20. The van der Waals surface area contributed by atoms with Gasteiger partial charge in [0.25, 0.3) is 0 Å². The summed E-state index contributed by atoms with van der Waals surface area (Å²) >= 11 is 0. The quantitative estimate of drug-likeness (QED) is 0.609. The number of anilines is 1. The molecule has 0 saturated carbocycles. The second-order valence-corrected chi connectivity index (χ2v) is 6.36. The third kappa shape index (κ3) is 4.36. The summed E-state index contributed by atoms with van der Waals surface area (Å²) in [5.74, 6) is 1.48. The van der Waals surface area contributed by atoms with Gasteiger partial charge in [-0.15, -0.1) is 0 Å². The van der Waals surface area contributed by atoms with Gasteiger partial charge in [-0.25, -0.2) is 15.0 Å². The molecule has 7 nitrogen and oxygen atoms in total. The SMILES string of the molecule is CC(C)n1c(CNC(=O)CCCNc2ncccn2)nc2ccccc21. The third-order valence-corrected chi connectivity index (χ3v) is 4.06. The first kappa shape index (κ1) is 17.8. The Morgan fingerprint density at radius 3 is 2.69 bits per heavy atom. The molecule has 136 valence electrons. The zero-order valence-corrected chi connectivity index (χ0v) is 15.1. The van der Waals surface area contributed by atoms with Crippen LogP contribution in [0.3, 0.4) is 0 Å². The number of hydrogen-bond donors (Lipinski definition) is 2. The van der Waals surface area contributed by atoms with Crippen molar-refractivity contribution < 1.29 is 4.79 Å². The molecular formula is C19H24N6O. The number of imidazole rings is 1. The fraction of sp³-hybridized carbons (Fsp3) is 0.368. The van der Waals surface area contributed by atoms with Gasteiger partial charge in [-0.1, -0.05) is 12.1 Å². The van der Waals surface area contributed by atoms with Crippen molar-refractivity contribution >= 4 is 22.9 Å². The van der Waals surface area contributed by atoms with Crippen LogP contribution in [-0.2, 0) is 11.3 Å². The van der Waals surface area contributed by atoms with Gasteiger partial charge in [-0.2, -0.15) is 0 Å². The average Bonchev–Trinajstić information content (AvgIpc) is 3.03. The van der Waals surface area contributed by atoms with Crippen LogP contribution in [0.4, 0.5) is 5.95 Å². The van der Waals surface area contributed by atoms with Crippen molar-refractivity contribution in [3.8, 4) is 0 Å². The molecule has 1 amide bonds. The number of nitrogens with one attached hydrogen (secondary N) is 2. The Balaban J connectivity index is 1.50. The zero-order valence-electron chi connectivity index (χ0n) is 15.1. The topological polar surface area (TPSA) is 84.7 Å². The van der Waals surface area contributed by atoms with Crippen molar-refractivity contribution in [2.45, 2.75) is 39.3 Å². The fourth-order valence-electron chi connectivity index (χ4n) is 2.90. The van der Waals surface area contributed by atoms with Gasteiger partial charge in [-0.3, -0.25) is 4.79 Å². The number of para-hydroxylation sites is 2. The van der Waals surface area contributed by atoms with E-state index in [4.69, 9.17) is 0 Å². The molecule has 7 heteroatoms. The van der Waals surface area contributed by atoms with E-state index in [0.717, 1.165) is 16.9 Å². The van der Waals surface area contributed by atoms with Gasteiger partial charge in [0.15, 0.2) is 0 Å². The van der Waals surface area contributed by atoms with Gasteiger partial charge in [-0.05, 0) is 38.5 Å². The van der Waals surface area contributed by atoms with Gasteiger partial charge < -0.3 is 15.2 Å². The fourth-order valence-corrected chi connectivity index (χ4v) is 2.90. The van der Waals surface area contributed by atoms with E-state index in [1.165, 1.54) is 0 Å². The molecule has 0 fully saturated rings. The Labute approximate surface area is 152 Å². The number of rotatable bonds is 8. The van der Waals surface area contributed by atoms with E-state index in [-0.39, 0.29) is 11.9 Å². The van der Waals surface area contributed by atoms with Crippen LogP contribution in [0.1, 0.15) is 38.6 Å². The van der Waals surface area contributed by atoms with Crippen LogP contribution in [0, 0.1) is 0 Å². The van der Waals surface area contributed by atoms with Crippen LogP contribution < -0.4 is 10.6 Å². The largest absolute Gasteiger partial charge is 0.354 e. The van der Waals surface area contributed by atoms with Gasteiger partial charge in [0.2, 0.25) is 11.9 Å². The predicted molar refractivity (Wildman–Crippen MR) is 102 cm³/mol. The summed E-state index contributed by atoms with van der Waals surface area (Å²) in [7, 11) is 0. The molecule has 0 atom stereocenters. The molecular weight excluding hydrogens is 328 g/mol. The van der Waals surface area contributed by atoms with Crippen LogP contribution in [0.25, 0.3) is 11.0 Å². The van der Waals surface area contributed by atoms with Gasteiger partial charge in [0.05, 0.1) is 17.6 Å². The van der Waals surface area contributed by atoms with Crippen molar-refractivity contribution in [2.24, 2.45) is 0 Å². The van der Waals surface area contributed by atoms with E-state index in [1.54, 1.807) is 18.5 Å². The van der Waals surface area contributed by atoms with Gasteiger partial charge in [0, 0.05) is 31.4 Å². The predicted octanol–water partition coefficient (Wildman–Crippen LogP) is 2.92. The maximum atomic E-state index is 12.1. The molecule has 3 aromatic rings. The zero-order chi connectivity index (χ0) is 18.4. The standard InChI is InChI=1S/C19H24N6O/c1-14(2)25-16-8-4-3-7-15(16)24-17(25)13-23-18(26)9-5-10-20-19-21-11-6-12-22-19/h3-4,6-8,11-12,14H,5,9-10,13H2,1-2H3,(H,23,26)(H,20,21,22). The number of nitrogens with zero attached hydrogens (tertiary/aromatic N) is 4. The highest BCUT2D eigenvalue weighted by Gasteiger charge is 2.13. The van der Waals surface area contributed by atoms with Crippen molar-refractivity contribution in [3.63, 3.8) is 0 Å². The Morgan fingerprint density at radius 2 is 1.92 bits per heavy atom. The number of fused-ring (bicyclic) bond motifs is 1. The van der Waals surface area contributed by atoms with Crippen molar-refractivity contribution in [2.75, 3.05) is 11.9 Å². The number of carbonyl (C=O) groups is 1. The molecule has 2 N–H and O–H groups in total. The van der Waals surface area contributed by atoms with E-state index < -0.39 is 0 Å². The molecule has 0 aliphatic carbocycles. The summed E-state index contributed by atoms with van der Waals surface area (Å²) in [6.07, 6.45) is 4.53. The lowest BCUT2D eigenvalue weighted by Crippen LogP contribution is -2.25. The van der Waals surface area contributed by atoms with E-state index in [9.17, 15) is 4.79 Å². The van der Waals surface area contributed by atoms with Crippen LogP contribution in [-0.4, -0.2) is 32.0 Å². The summed E-state index contributed by atoms with van der Waals surface area (Å²) in [4.78, 5) is 24.9. The number of carbonyl (C=O) groups excluding carboxylic acids is 1.